The van der Waals surface area contributed by atoms with Gasteiger partial charge in [-0.25, -0.2) is 0 Å². The molecular weight excluding hydrogens is 368 g/mol. The van der Waals surface area contributed by atoms with Gasteiger partial charge in [0.25, 0.3) is 5.91 Å². The van der Waals surface area contributed by atoms with Crippen molar-refractivity contribution < 1.29 is 9.59 Å². The standard InChI is InChI=1S/C15H15ClN4O2S2/c16-10-6-4-9(5-7-10)12(21)20-8-2-1-3-11(13(20)22)23-15-19-18-14(17)24-15/h4-7,11H,1-3,8H2,(H2,17,18)/t11-/m0/s1. The molecule has 2 aromatic rings. The lowest BCUT2D eigenvalue weighted by Gasteiger charge is -2.22. The van der Waals surface area contributed by atoms with E-state index in [0.29, 0.717) is 33.0 Å². The number of thioether (sulfide) groups is 1. The van der Waals surface area contributed by atoms with E-state index in [1.54, 1.807) is 24.3 Å². The van der Waals surface area contributed by atoms with Gasteiger partial charge in [0.2, 0.25) is 11.0 Å². The highest BCUT2D eigenvalue weighted by molar-refractivity contribution is 8.02. The summed E-state index contributed by atoms with van der Waals surface area (Å²) in [6.45, 7) is 0.426. The first-order chi connectivity index (χ1) is 11.5. The zero-order chi connectivity index (χ0) is 17.1. The number of nitrogens with zero attached hydrogens (tertiary/aromatic N) is 3. The molecule has 2 heterocycles. The maximum absolute atomic E-state index is 12.8. The van der Waals surface area contributed by atoms with Gasteiger partial charge in [0.1, 0.15) is 0 Å². The van der Waals surface area contributed by atoms with E-state index in [4.69, 9.17) is 17.3 Å². The average Bonchev–Trinajstić information content (AvgIpc) is 2.89. The Labute approximate surface area is 152 Å². The van der Waals surface area contributed by atoms with E-state index in [9.17, 15) is 9.59 Å². The van der Waals surface area contributed by atoms with Crippen molar-refractivity contribution in [2.75, 3.05) is 12.3 Å². The lowest BCUT2D eigenvalue weighted by Crippen LogP contribution is -2.41. The van der Waals surface area contributed by atoms with Crippen molar-refractivity contribution in [2.24, 2.45) is 0 Å². The number of carbonyl (C=O) groups is 2. The van der Waals surface area contributed by atoms with Gasteiger partial charge in [-0.05, 0) is 37.1 Å². The van der Waals surface area contributed by atoms with Crippen LogP contribution in [0.5, 0.6) is 0 Å². The first-order valence-corrected chi connectivity index (χ1v) is 9.49. The lowest BCUT2D eigenvalue weighted by molar-refractivity contribution is -0.127. The maximum atomic E-state index is 12.8. The summed E-state index contributed by atoms with van der Waals surface area (Å²) in [6.07, 6.45) is 2.37. The number of halogens is 1. The number of anilines is 1. The van der Waals surface area contributed by atoms with Crippen LogP contribution in [0.15, 0.2) is 28.6 Å². The molecular formula is C15H15ClN4O2S2. The summed E-state index contributed by atoms with van der Waals surface area (Å²) in [7, 11) is 0. The molecule has 1 saturated heterocycles. The Balaban J connectivity index is 1.78. The summed E-state index contributed by atoms with van der Waals surface area (Å²) >= 11 is 8.43. The van der Waals surface area contributed by atoms with Crippen LogP contribution in [0.1, 0.15) is 29.6 Å². The fourth-order valence-electron chi connectivity index (χ4n) is 2.46. The predicted octanol–water partition coefficient (Wildman–Crippen LogP) is 3.09. The van der Waals surface area contributed by atoms with Gasteiger partial charge in [-0.3, -0.25) is 14.5 Å². The summed E-state index contributed by atoms with van der Waals surface area (Å²) in [5.41, 5.74) is 6.04. The molecule has 6 nitrogen and oxygen atoms in total. The predicted molar refractivity (Wildman–Crippen MR) is 95.3 cm³/mol. The van der Waals surface area contributed by atoms with E-state index in [-0.39, 0.29) is 17.1 Å². The molecule has 1 aromatic carbocycles. The number of benzene rings is 1. The second kappa shape index (κ2) is 7.50. The molecule has 1 atom stereocenters. The van der Waals surface area contributed by atoms with E-state index in [0.717, 1.165) is 12.8 Å². The Bertz CT molecular complexity index is 750. The number of rotatable bonds is 3. The molecule has 126 valence electrons. The van der Waals surface area contributed by atoms with Crippen molar-refractivity contribution in [1.29, 1.82) is 0 Å². The second-order valence-electron chi connectivity index (χ2n) is 5.31. The molecule has 2 amide bonds. The maximum Gasteiger partial charge on any atom is 0.260 e. The number of nitrogen functional groups attached to an aromatic ring is 1. The zero-order valence-electron chi connectivity index (χ0n) is 12.6. The Hall–Kier alpha value is -1.64. The third-order valence-electron chi connectivity index (χ3n) is 3.64. The molecule has 3 rings (SSSR count). The molecule has 0 unspecified atom stereocenters. The summed E-state index contributed by atoms with van der Waals surface area (Å²) < 4.78 is 0.645. The van der Waals surface area contributed by atoms with Crippen molar-refractivity contribution in [3.8, 4) is 0 Å². The van der Waals surface area contributed by atoms with Crippen molar-refractivity contribution in [1.82, 2.24) is 15.1 Å². The topological polar surface area (TPSA) is 89.2 Å². The molecule has 0 radical (unpaired) electrons. The summed E-state index contributed by atoms with van der Waals surface area (Å²) in [6, 6.07) is 6.56. The van der Waals surface area contributed by atoms with Gasteiger partial charge in [-0.15, -0.1) is 10.2 Å². The normalized spacial score (nSPS) is 18.5. The fourth-order valence-corrected chi connectivity index (χ4v) is 4.57. The number of hydrogen-bond donors (Lipinski definition) is 1. The Kier molecular flexibility index (Phi) is 5.37. The van der Waals surface area contributed by atoms with E-state index in [1.807, 2.05) is 0 Å². The largest absolute Gasteiger partial charge is 0.374 e. The minimum Gasteiger partial charge on any atom is -0.374 e. The quantitative estimate of drug-likeness (QED) is 0.820. The zero-order valence-corrected chi connectivity index (χ0v) is 15.0. The Morgan fingerprint density at radius 1 is 1.29 bits per heavy atom. The second-order valence-corrected chi connectivity index (χ2v) is 8.21. The summed E-state index contributed by atoms with van der Waals surface area (Å²) in [5, 5.41) is 8.28. The van der Waals surface area contributed by atoms with Crippen LogP contribution < -0.4 is 5.73 Å². The molecule has 0 saturated carbocycles. The molecule has 1 aromatic heterocycles. The van der Waals surface area contributed by atoms with Crippen LogP contribution in [0.4, 0.5) is 5.13 Å². The summed E-state index contributed by atoms with van der Waals surface area (Å²) in [4.78, 5) is 26.8. The third-order valence-corrected chi connectivity index (χ3v) is 5.98. The Morgan fingerprint density at radius 2 is 2.04 bits per heavy atom. The molecule has 2 N–H and O–H groups in total. The van der Waals surface area contributed by atoms with Gasteiger partial charge >= 0.3 is 0 Å². The third kappa shape index (κ3) is 3.88. The highest BCUT2D eigenvalue weighted by Gasteiger charge is 2.32. The minimum absolute atomic E-state index is 0.189. The highest BCUT2D eigenvalue weighted by Crippen LogP contribution is 2.33. The van der Waals surface area contributed by atoms with Gasteiger partial charge in [-0.1, -0.05) is 41.1 Å². The SMILES string of the molecule is Nc1nnc(S[C@H]2CCCCN(C(=O)c3ccc(Cl)cc3)C2=O)s1. The van der Waals surface area contributed by atoms with Crippen LogP contribution in [-0.2, 0) is 4.79 Å². The lowest BCUT2D eigenvalue weighted by atomic mass is 10.2. The van der Waals surface area contributed by atoms with Crippen LogP contribution in [0.3, 0.4) is 0 Å². The van der Waals surface area contributed by atoms with Gasteiger partial charge in [0, 0.05) is 17.1 Å². The first kappa shape index (κ1) is 17.2. The molecule has 1 fully saturated rings. The van der Waals surface area contributed by atoms with Crippen molar-refractivity contribution >= 4 is 51.6 Å². The van der Waals surface area contributed by atoms with Gasteiger partial charge in [0.15, 0.2) is 4.34 Å². The van der Waals surface area contributed by atoms with E-state index in [2.05, 4.69) is 10.2 Å². The van der Waals surface area contributed by atoms with E-state index < -0.39 is 0 Å². The molecule has 0 bridgehead atoms. The number of nitrogens with two attached hydrogens (primary N) is 1. The Morgan fingerprint density at radius 3 is 2.71 bits per heavy atom. The number of likely N-dealkylation sites (tertiary alicyclic amines) is 1. The highest BCUT2D eigenvalue weighted by atomic mass is 35.5. The number of imide groups is 1. The molecule has 1 aliphatic heterocycles. The minimum atomic E-state index is -0.351. The van der Waals surface area contributed by atoms with Gasteiger partial charge < -0.3 is 5.73 Å². The number of aromatic nitrogens is 2. The van der Waals surface area contributed by atoms with Gasteiger partial charge in [-0.2, -0.15) is 0 Å². The van der Waals surface area contributed by atoms with Crippen LogP contribution >= 0.6 is 34.7 Å². The number of carbonyl (C=O) groups excluding carboxylic acids is 2. The fraction of sp³-hybridized carbons (Fsp3) is 0.333. The molecule has 0 aliphatic carbocycles. The van der Waals surface area contributed by atoms with Crippen molar-refractivity contribution in [2.45, 2.75) is 28.9 Å². The monoisotopic (exact) mass is 382 g/mol. The van der Waals surface area contributed by atoms with Crippen LogP contribution in [0.2, 0.25) is 5.02 Å². The van der Waals surface area contributed by atoms with E-state index in [1.165, 1.54) is 28.0 Å². The molecule has 0 spiro atoms. The first-order valence-electron chi connectivity index (χ1n) is 7.41. The smallest absolute Gasteiger partial charge is 0.260 e. The molecule has 24 heavy (non-hydrogen) atoms. The van der Waals surface area contributed by atoms with Crippen molar-refractivity contribution in [3.63, 3.8) is 0 Å². The average molecular weight is 383 g/mol. The number of hydrogen-bond acceptors (Lipinski definition) is 7. The van der Waals surface area contributed by atoms with Crippen LogP contribution in [-0.4, -0.2) is 38.7 Å². The molecule has 9 heteroatoms. The van der Waals surface area contributed by atoms with Gasteiger partial charge in [0.05, 0.1) is 5.25 Å². The van der Waals surface area contributed by atoms with Crippen LogP contribution in [0.25, 0.3) is 0 Å². The van der Waals surface area contributed by atoms with E-state index >= 15 is 0 Å². The number of amides is 2. The molecule has 1 aliphatic rings. The van der Waals surface area contributed by atoms with Crippen LogP contribution in [0, 0.1) is 0 Å². The van der Waals surface area contributed by atoms with Crippen molar-refractivity contribution in [3.05, 3.63) is 34.9 Å². The summed E-state index contributed by atoms with van der Waals surface area (Å²) in [5.74, 6) is -0.479.